The van der Waals surface area contributed by atoms with Gasteiger partial charge < -0.3 is 15.0 Å². The highest BCUT2D eigenvalue weighted by molar-refractivity contribution is 8.00. The van der Waals surface area contributed by atoms with Crippen LogP contribution >= 0.6 is 11.8 Å². The molecule has 1 N–H and O–H groups in total. The lowest BCUT2D eigenvalue weighted by Crippen LogP contribution is -2.39. The van der Waals surface area contributed by atoms with Gasteiger partial charge in [-0.3, -0.25) is 9.59 Å². The van der Waals surface area contributed by atoms with Crippen molar-refractivity contribution in [1.29, 1.82) is 0 Å². The maximum absolute atomic E-state index is 11.9. The van der Waals surface area contributed by atoms with Gasteiger partial charge in [0, 0.05) is 18.8 Å². The second-order valence-corrected chi connectivity index (χ2v) is 5.35. The molecule has 0 aromatic carbocycles. The SMILES string of the molecule is CNC(CSCC(=O)N1CCCCC1)C(=O)OC. The van der Waals surface area contributed by atoms with Crippen molar-refractivity contribution in [3.05, 3.63) is 0 Å². The molecule has 1 aliphatic rings. The summed E-state index contributed by atoms with van der Waals surface area (Å²) in [6, 6.07) is -0.339. The molecule has 1 heterocycles. The van der Waals surface area contributed by atoms with Gasteiger partial charge in [-0.05, 0) is 26.3 Å². The number of nitrogens with zero attached hydrogens (tertiary/aromatic N) is 1. The number of esters is 1. The number of ether oxygens (including phenoxy) is 1. The highest BCUT2D eigenvalue weighted by Crippen LogP contribution is 2.12. The summed E-state index contributed by atoms with van der Waals surface area (Å²) in [4.78, 5) is 25.1. The summed E-state index contributed by atoms with van der Waals surface area (Å²) < 4.78 is 4.67. The fraction of sp³-hybridized carbons (Fsp3) is 0.833. The van der Waals surface area contributed by atoms with E-state index in [9.17, 15) is 9.59 Å². The maximum Gasteiger partial charge on any atom is 0.323 e. The van der Waals surface area contributed by atoms with Gasteiger partial charge in [0.25, 0.3) is 0 Å². The first kappa shape index (κ1) is 15.3. The van der Waals surface area contributed by atoms with Crippen LogP contribution in [0.25, 0.3) is 0 Å². The van der Waals surface area contributed by atoms with Crippen molar-refractivity contribution >= 4 is 23.6 Å². The van der Waals surface area contributed by atoms with Crippen LogP contribution in [0.15, 0.2) is 0 Å². The second kappa shape index (κ2) is 8.37. The van der Waals surface area contributed by atoms with Crippen LogP contribution in [0.5, 0.6) is 0 Å². The molecule has 1 atom stereocenters. The van der Waals surface area contributed by atoms with Crippen molar-refractivity contribution in [3.63, 3.8) is 0 Å². The van der Waals surface area contributed by atoms with Gasteiger partial charge in [0.2, 0.25) is 5.91 Å². The lowest BCUT2D eigenvalue weighted by atomic mass is 10.1. The lowest BCUT2D eigenvalue weighted by molar-refractivity contribution is -0.142. The first-order valence-corrected chi connectivity index (χ1v) is 7.45. The summed E-state index contributed by atoms with van der Waals surface area (Å²) in [5, 5.41) is 2.89. The zero-order chi connectivity index (χ0) is 13.4. The van der Waals surface area contributed by atoms with Crippen molar-refractivity contribution < 1.29 is 14.3 Å². The third-order valence-electron chi connectivity index (χ3n) is 3.05. The Morgan fingerprint density at radius 3 is 2.56 bits per heavy atom. The van der Waals surface area contributed by atoms with E-state index in [0.29, 0.717) is 11.5 Å². The van der Waals surface area contributed by atoms with Crippen LogP contribution in [-0.4, -0.2) is 61.6 Å². The van der Waals surface area contributed by atoms with Gasteiger partial charge in [-0.15, -0.1) is 11.8 Å². The number of carbonyl (C=O) groups is 2. The molecule has 5 nitrogen and oxygen atoms in total. The number of nitrogens with one attached hydrogen (secondary N) is 1. The largest absolute Gasteiger partial charge is 0.468 e. The average Bonchev–Trinajstić information content (AvgIpc) is 2.43. The molecule has 0 radical (unpaired) electrons. The number of piperidine rings is 1. The molecule has 0 aromatic rings. The monoisotopic (exact) mass is 274 g/mol. The Morgan fingerprint density at radius 2 is 2.00 bits per heavy atom. The molecule has 6 heteroatoms. The van der Waals surface area contributed by atoms with E-state index in [0.717, 1.165) is 25.9 Å². The first-order chi connectivity index (χ1) is 8.69. The highest BCUT2D eigenvalue weighted by Gasteiger charge is 2.19. The lowest BCUT2D eigenvalue weighted by Gasteiger charge is -2.26. The number of thioether (sulfide) groups is 1. The van der Waals surface area contributed by atoms with Gasteiger partial charge in [0.1, 0.15) is 6.04 Å². The highest BCUT2D eigenvalue weighted by atomic mass is 32.2. The minimum absolute atomic E-state index is 0.180. The Hall–Kier alpha value is -0.750. The molecule has 0 spiro atoms. The fourth-order valence-electron chi connectivity index (χ4n) is 1.91. The molecule has 104 valence electrons. The van der Waals surface area contributed by atoms with Crippen LogP contribution < -0.4 is 5.32 Å². The standard InChI is InChI=1S/C12H22N2O3S/c1-13-10(12(16)17-2)8-18-9-11(15)14-6-4-3-5-7-14/h10,13H,3-9H2,1-2H3. The van der Waals surface area contributed by atoms with Crippen LogP contribution in [0.3, 0.4) is 0 Å². The zero-order valence-electron chi connectivity index (χ0n) is 11.1. The van der Waals surface area contributed by atoms with E-state index < -0.39 is 0 Å². The molecule has 18 heavy (non-hydrogen) atoms. The minimum atomic E-state index is -0.339. The number of amides is 1. The summed E-state index contributed by atoms with van der Waals surface area (Å²) in [7, 11) is 3.09. The smallest absolute Gasteiger partial charge is 0.323 e. The van der Waals surface area contributed by atoms with Crippen LogP contribution in [0.1, 0.15) is 19.3 Å². The molecule has 1 rings (SSSR count). The molecule has 0 aromatic heterocycles. The normalized spacial score (nSPS) is 17.3. The number of methoxy groups -OCH3 is 1. The molecule has 0 saturated carbocycles. The first-order valence-electron chi connectivity index (χ1n) is 6.29. The van der Waals surface area contributed by atoms with E-state index in [4.69, 9.17) is 0 Å². The number of rotatable bonds is 6. The summed E-state index contributed by atoms with van der Waals surface area (Å²) in [5.41, 5.74) is 0. The van der Waals surface area contributed by atoms with Gasteiger partial charge in [-0.2, -0.15) is 0 Å². The molecule has 1 aliphatic heterocycles. The minimum Gasteiger partial charge on any atom is -0.468 e. The molecule has 1 saturated heterocycles. The molecular formula is C12H22N2O3S. The Labute approximate surface area is 113 Å². The third kappa shape index (κ3) is 4.86. The Balaban J connectivity index is 2.23. The van der Waals surface area contributed by atoms with Gasteiger partial charge in [-0.1, -0.05) is 0 Å². The van der Waals surface area contributed by atoms with Crippen molar-refractivity contribution in [1.82, 2.24) is 10.2 Å². The van der Waals surface area contributed by atoms with Crippen LogP contribution in [0, 0.1) is 0 Å². The average molecular weight is 274 g/mol. The van der Waals surface area contributed by atoms with E-state index in [1.165, 1.54) is 25.3 Å². The molecule has 1 amide bonds. The third-order valence-corrected chi connectivity index (χ3v) is 4.07. The van der Waals surface area contributed by atoms with Crippen molar-refractivity contribution in [3.8, 4) is 0 Å². The number of hydrogen-bond donors (Lipinski definition) is 1. The molecular weight excluding hydrogens is 252 g/mol. The summed E-state index contributed by atoms with van der Waals surface area (Å²) in [6.45, 7) is 1.76. The van der Waals surface area contributed by atoms with Gasteiger partial charge in [-0.25, -0.2) is 0 Å². The Morgan fingerprint density at radius 1 is 1.33 bits per heavy atom. The Bertz CT molecular complexity index is 280. The van der Waals surface area contributed by atoms with Crippen molar-refractivity contribution in [2.75, 3.05) is 38.8 Å². The van der Waals surface area contributed by atoms with Gasteiger partial charge in [0.05, 0.1) is 12.9 Å². The van der Waals surface area contributed by atoms with E-state index in [-0.39, 0.29) is 17.9 Å². The van der Waals surface area contributed by atoms with E-state index in [1.807, 2.05) is 4.90 Å². The summed E-state index contributed by atoms with van der Waals surface area (Å²) in [6.07, 6.45) is 3.44. The van der Waals surface area contributed by atoms with Gasteiger partial charge in [0.15, 0.2) is 0 Å². The number of likely N-dealkylation sites (N-methyl/N-ethyl adjacent to an activating group) is 1. The van der Waals surface area contributed by atoms with Crippen LogP contribution in [0.2, 0.25) is 0 Å². The zero-order valence-corrected chi connectivity index (χ0v) is 11.9. The molecule has 1 fully saturated rings. The summed E-state index contributed by atoms with van der Waals surface area (Å²) in [5.74, 6) is 0.896. The summed E-state index contributed by atoms with van der Waals surface area (Å²) >= 11 is 1.48. The maximum atomic E-state index is 11.9. The van der Waals surface area contributed by atoms with E-state index in [2.05, 4.69) is 10.1 Å². The van der Waals surface area contributed by atoms with Gasteiger partial charge >= 0.3 is 5.97 Å². The predicted molar refractivity (Wildman–Crippen MR) is 72.6 cm³/mol. The molecule has 0 bridgehead atoms. The van der Waals surface area contributed by atoms with Crippen molar-refractivity contribution in [2.45, 2.75) is 25.3 Å². The van der Waals surface area contributed by atoms with Crippen LogP contribution in [-0.2, 0) is 14.3 Å². The van der Waals surface area contributed by atoms with Crippen LogP contribution in [0.4, 0.5) is 0 Å². The number of carbonyl (C=O) groups excluding carboxylic acids is 2. The number of hydrogen-bond acceptors (Lipinski definition) is 5. The quantitative estimate of drug-likeness (QED) is 0.715. The second-order valence-electron chi connectivity index (χ2n) is 4.32. The van der Waals surface area contributed by atoms with E-state index in [1.54, 1.807) is 7.05 Å². The van der Waals surface area contributed by atoms with E-state index >= 15 is 0 Å². The predicted octanol–water partition coefficient (Wildman–Crippen LogP) is 0.493. The fourth-order valence-corrected chi connectivity index (χ4v) is 2.92. The molecule has 0 aliphatic carbocycles. The topological polar surface area (TPSA) is 58.6 Å². The Kier molecular flexibility index (Phi) is 7.12. The molecule has 1 unspecified atom stereocenters. The number of likely N-dealkylation sites (tertiary alicyclic amines) is 1. The van der Waals surface area contributed by atoms with Crippen molar-refractivity contribution in [2.24, 2.45) is 0 Å².